The Balaban J connectivity index is 2.08. The van der Waals surface area contributed by atoms with Gasteiger partial charge in [0, 0.05) is 17.7 Å². The van der Waals surface area contributed by atoms with E-state index in [1.807, 2.05) is 0 Å². The van der Waals surface area contributed by atoms with Gasteiger partial charge in [0.25, 0.3) is 5.91 Å². The normalized spacial score (nSPS) is 10.0. The van der Waals surface area contributed by atoms with Crippen molar-refractivity contribution in [1.82, 2.24) is 5.32 Å². The Morgan fingerprint density at radius 1 is 1.10 bits per heavy atom. The van der Waals surface area contributed by atoms with E-state index in [1.54, 1.807) is 32.4 Å². The summed E-state index contributed by atoms with van der Waals surface area (Å²) in [5.74, 6) is 0.693. The highest BCUT2D eigenvalue weighted by Crippen LogP contribution is 2.23. The zero-order valence-corrected chi connectivity index (χ0v) is 11.9. The van der Waals surface area contributed by atoms with Gasteiger partial charge < -0.3 is 14.8 Å². The van der Waals surface area contributed by atoms with Crippen molar-refractivity contribution in [2.45, 2.75) is 6.54 Å². The van der Waals surface area contributed by atoms with Crippen molar-refractivity contribution in [2.24, 2.45) is 0 Å². The van der Waals surface area contributed by atoms with Crippen LogP contribution in [0.2, 0.25) is 0 Å². The molecule has 0 atom stereocenters. The summed E-state index contributed by atoms with van der Waals surface area (Å²) in [4.78, 5) is 12.0. The number of nitrogens with one attached hydrogen (secondary N) is 1. The second-order valence-electron chi connectivity index (χ2n) is 4.37. The number of ether oxygens (including phenoxy) is 2. The van der Waals surface area contributed by atoms with Gasteiger partial charge in [-0.25, -0.2) is 4.39 Å². The fourth-order valence-electron chi connectivity index (χ4n) is 1.90. The summed E-state index contributed by atoms with van der Waals surface area (Å²) in [5.41, 5.74) is 1.20. The molecule has 2 aromatic carbocycles. The topological polar surface area (TPSA) is 47.6 Å². The molecule has 1 N–H and O–H groups in total. The van der Waals surface area contributed by atoms with Crippen LogP contribution in [0.1, 0.15) is 15.9 Å². The third-order valence-electron chi connectivity index (χ3n) is 3.03. The molecule has 2 rings (SSSR count). The molecule has 4 nitrogen and oxygen atoms in total. The molecular weight excluding hydrogens is 273 g/mol. The molecule has 0 aliphatic rings. The van der Waals surface area contributed by atoms with E-state index in [0.717, 1.165) is 5.56 Å². The lowest BCUT2D eigenvalue weighted by Crippen LogP contribution is -2.23. The smallest absolute Gasteiger partial charge is 0.251 e. The van der Waals surface area contributed by atoms with E-state index in [0.29, 0.717) is 17.1 Å². The molecule has 5 heteroatoms. The molecule has 0 aliphatic carbocycles. The fraction of sp³-hybridized carbons (Fsp3) is 0.188. The zero-order chi connectivity index (χ0) is 15.2. The Hall–Kier alpha value is -2.56. The first-order chi connectivity index (χ1) is 10.1. The number of amides is 1. The molecule has 0 saturated carbocycles. The van der Waals surface area contributed by atoms with Crippen LogP contribution in [0.25, 0.3) is 0 Å². The molecule has 0 saturated heterocycles. The van der Waals surface area contributed by atoms with Crippen LogP contribution in [0, 0.1) is 5.82 Å². The Bertz CT molecular complexity index is 626. The molecule has 1 amide bonds. The van der Waals surface area contributed by atoms with Gasteiger partial charge in [-0.2, -0.15) is 0 Å². The number of benzene rings is 2. The van der Waals surface area contributed by atoms with Crippen LogP contribution in [0.4, 0.5) is 4.39 Å². The van der Waals surface area contributed by atoms with Crippen molar-refractivity contribution in [3.63, 3.8) is 0 Å². The first-order valence-corrected chi connectivity index (χ1v) is 6.38. The van der Waals surface area contributed by atoms with Gasteiger partial charge in [0.05, 0.1) is 14.2 Å². The van der Waals surface area contributed by atoms with Crippen molar-refractivity contribution in [1.29, 1.82) is 0 Å². The summed E-state index contributed by atoms with van der Waals surface area (Å²) >= 11 is 0. The maximum Gasteiger partial charge on any atom is 0.251 e. The highest BCUT2D eigenvalue weighted by molar-refractivity contribution is 5.94. The molecule has 0 aromatic heterocycles. The molecule has 0 aliphatic heterocycles. The third-order valence-corrected chi connectivity index (χ3v) is 3.03. The average Bonchev–Trinajstić information content (AvgIpc) is 2.52. The second-order valence-corrected chi connectivity index (χ2v) is 4.37. The summed E-state index contributed by atoms with van der Waals surface area (Å²) < 4.78 is 23.2. The van der Waals surface area contributed by atoms with Crippen LogP contribution in [0.15, 0.2) is 42.5 Å². The Labute approximate surface area is 122 Å². The number of halogens is 1. The summed E-state index contributed by atoms with van der Waals surface area (Å²) in [6, 6.07) is 10.7. The predicted molar refractivity (Wildman–Crippen MR) is 77.1 cm³/mol. The number of methoxy groups -OCH3 is 2. The fourth-order valence-corrected chi connectivity index (χ4v) is 1.90. The van der Waals surface area contributed by atoms with E-state index in [-0.39, 0.29) is 18.3 Å². The van der Waals surface area contributed by atoms with Crippen molar-refractivity contribution < 1.29 is 18.7 Å². The van der Waals surface area contributed by atoms with Crippen LogP contribution in [-0.2, 0) is 6.54 Å². The van der Waals surface area contributed by atoms with Crippen LogP contribution >= 0.6 is 0 Å². The maximum absolute atomic E-state index is 12.8. The quantitative estimate of drug-likeness (QED) is 0.920. The predicted octanol–water partition coefficient (Wildman–Crippen LogP) is 2.77. The summed E-state index contributed by atoms with van der Waals surface area (Å²) in [5, 5.41) is 2.76. The minimum absolute atomic E-state index is 0.278. The van der Waals surface area contributed by atoms with Crippen molar-refractivity contribution in [2.75, 3.05) is 14.2 Å². The molecule has 0 fully saturated rings. The largest absolute Gasteiger partial charge is 0.497 e. The summed E-state index contributed by atoms with van der Waals surface area (Å²) in [6.07, 6.45) is 0. The molecule has 0 heterocycles. The highest BCUT2D eigenvalue weighted by atomic mass is 19.1. The number of hydrogen-bond donors (Lipinski definition) is 1. The lowest BCUT2D eigenvalue weighted by molar-refractivity contribution is 0.0950. The average molecular weight is 289 g/mol. The van der Waals surface area contributed by atoms with Crippen molar-refractivity contribution in [3.05, 3.63) is 59.4 Å². The number of carbonyl (C=O) groups excluding carboxylic acids is 1. The third kappa shape index (κ3) is 3.72. The molecule has 0 spiro atoms. The molecule has 0 bridgehead atoms. The lowest BCUT2D eigenvalue weighted by atomic mass is 10.1. The minimum atomic E-state index is -0.374. The van der Waals surface area contributed by atoms with Gasteiger partial charge in [-0.05, 0) is 42.5 Å². The Morgan fingerprint density at radius 3 is 2.43 bits per heavy atom. The highest BCUT2D eigenvalue weighted by Gasteiger charge is 2.09. The minimum Gasteiger partial charge on any atom is -0.497 e. The van der Waals surface area contributed by atoms with E-state index in [1.165, 1.54) is 24.3 Å². The van der Waals surface area contributed by atoms with E-state index in [9.17, 15) is 9.18 Å². The van der Waals surface area contributed by atoms with Gasteiger partial charge >= 0.3 is 0 Å². The monoisotopic (exact) mass is 289 g/mol. The van der Waals surface area contributed by atoms with Crippen molar-refractivity contribution in [3.8, 4) is 11.5 Å². The van der Waals surface area contributed by atoms with E-state index in [2.05, 4.69) is 5.32 Å². The first-order valence-electron chi connectivity index (χ1n) is 6.38. The summed E-state index contributed by atoms with van der Waals surface area (Å²) in [6.45, 7) is 0.288. The Morgan fingerprint density at radius 2 is 1.81 bits per heavy atom. The molecule has 0 unspecified atom stereocenters. The molecule has 0 radical (unpaired) electrons. The van der Waals surface area contributed by atoms with Crippen LogP contribution in [0.3, 0.4) is 0 Å². The Kier molecular flexibility index (Phi) is 4.77. The van der Waals surface area contributed by atoms with Crippen LogP contribution in [-0.4, -0.2) is 20.1 Å². The van der Waals surface area contributed by atoms with Crippen LogP contribution in [0.5, 0.6) is 11.5 Å². The SMILES string of the molecule is COc1ccc(OC)c(CNC(=O)c2ccc(F)cc2)c1. The van der Waals surface area contributed by atoms with Crippen LogP contribution < -0.4 is 14.8 Å². The van der Waals surface area contributed by atoms with Gasteiger partial charge in [0.15, 0.2) is 0 Å². The zero-order valence-electron chi connectivity index (χ0n) is 11.9. The molecule has 110 valence electrons. The molecule has 21 heavy (non-hydrogen) atoms. The van der Waals surface area contributed by atoms with Crippen molar-refractivity contribution >= 4 is 5.91 Å². The molecular formula is C16H16FNO3. The number of hydrogen-bond acceptors (Lipinski definition) is 3. The standard InChI is InChI=1S/C16H16FNO3/c1-20-14-7-8-15(21-2)12(9-14)10-18-16(19)11-3-5-13(17)6-4-11/h3-9H,10H2,1-2H3,(H,18,19). The van der Waals surface area contributed by atoms with E-state index < -0.39 is 0 Å². The van der Waals surface area contributed by atoms with Gasteiger partial charge in [-0.15, -0.1) is 0 Å². The molecule has 2 aromatic rings. The van der Waals surface area contributed by atoms with Gasteiger partial charge in [-0.1, -0.05) is 0 Å². The first kappa shape index (κ1) is 14.8. The maximum atomic E-state index is 12.8. The van der Waals surface area contributed by atoms with E-state index >= 15 is 0 Å². The number of rotatable bonds is 5. The van der Waals surface area contributed by atoms with Gasteiger partial charge in [0.1, 0.15) is 17.3 Å². The summed E-state index contributed by atoms with van der Waals surface area (Å²) in [7, 11) is 3.13. The van der Waals surface area contributed by atoms with E-state index in [4.69, 9.17) is 9.47 Å². The number of carbonyl (C=O) groups is 1. The van der Waals surface area contributed by atoms with Gasteiger partial charge in [0.2, 0.25) is 0 Å². The lowest BCUT2D eigenvalue weighted by Gasteiger charge is -2.11. The van der Waals surface area contributed by atoms with Gasteiger partial charge in [-0.3, -0.25) is 4.79 Å². The second kappa shape index (κ2) is 6.74.